The number of carbonyl (C=O) groups excluding carboxylic acids is 5. The third-order valence-corrected chi connectivity index (χ3v) is 4.72. The molecule has 0 aromatic carbocycles. The van der Waals surface area contributed by atoms with Gasteiger partial charge in [0, 0.05) is 40.7 Å². The molecule has 15 heteroatoms. The molecule has 0 spiro atoms. The first-order chi connectivity index (χ1) is 17.4. The van der Waals surface area contributed by atoms with E-state index in [1.165, 1.54) is 13.8 Å². The number of hydrogen-bond donors (Lipinski definition) is 3. The minimum atomic E-state index is -1.23. The van der Waals surface area contributed by atoms with Crippen molar-refractivity contribution < 1.29 is 62.3 Å². The molecular weight excluding hydrogens is 500 g/mol. The van der Waals surface area contributed by atoms with Crippen molar-refractivity contribution >= 4 is 35.7 Å². The van der Waals surface area contributed by atoms with Crippen molar-refractivity contribution in [2.45, 2.75) is 71.2 Å². The van der Waals surface area contributed by atoms with Gasteiger partial charge in [0.25, 0.3) is 0 Å². The highest BCUT2D eigenvalue weighted by Gasteiger charge is 2.51. The summed E-state index contributed by atoms with van der Waals surface area (Å²) < 4.78 is 32.6. The Bertz CT molecular complexity index is 818. The minimum Gasteiger partial charge on any atom is -0.481 e. The molecule has 37 heavy (non-hydrogen) atoms. The van der Waals surface area contributed by atoms with Gasteiger partial charge >= 0.3 is 23.9 Å². The number of aliphatic carboxylic acids is 1. The molecule has 0 aliphatic carbocycles. The molecule has 0 saturated carbocycles. The van der Waals surface area contributed by atoms with Crippen LogP contribution in [-0.4, -0.2) is 104 Å². The number of nitrogens with one attached hydrogen (secondary N) is 2. The van der Waals surface area contributed by atoms with Crippen LogP contribution < -0.4 is 10.6 Å². The van der Waals surface area contributed by atoms with Gasteiger partial charge in [-0.2, -0.15) is 0 Å². The number of rotatable bonds is 15. The Kier molecular flexibility index (Phi) is 14.1. The SMILES string of the molecule is CC(=O)NC1C(OCCOCCNC(=O)CCC(=O)O)OC(COC(C)=O)C(OC(C)=O)C1OC(C)=O. The fraction of sp³-hybridized carbons (Fsp3) is 0.727. The lowest BCUT2D eigenvalue weighted by molar-refractivity contribution is -0.279. The summed E-state index contributed by atoms with van der Waals surface area (Å²) in [5.74, 6) is -4.07. The second-order valence-corrected chi connectivity index (χ2v) is 7.95. The molecule has 210 valence electrons. The largest absolute Gasteiger partial charge is 0.481 e. The molecule has 2 amide bonds. The van der Waals surface area contributed by atoms with Gasteiger partial charge in [0.1, 0.15) is 18.8 Å². The van der Waals surface area contributed by atoms with Crippen molar-refractivity contribution in [3.05, 3.63) is 0 Å². The molecule has 0 aromatic heterocycles. The first kappa shape index (κ1) is 31.7. The molecule has 1 heterocycles. The lowest BCUT2D eigenvalue weighted by atomic mass is 9.96. The van der Waals surface area contributed by atoms with Crippen LogP contribution in [-0.2, 0) is 57.2 Å². The van der Waals surface area contributed by atoms with E-state index < -0.39 is 66.3 Å². The monoisotopic (exact) mass is 534 g/mol. The third-order valence-electron chi connectivity index (χ3n) is 4.72. The van der Waals surface area contributed by atoms with E-state index in [-0.39, 0.29) is 45.8 Å². The van der Waals surface area contributed by atoms with Crippen LogP contribution in [0.3, 0.4) is 0 Å². The summed E-state index contributed by atoms with van der Waals surface area (Å²) in [6.07, 6.45) is -5.17. The number of esters is 3. The standard InChI is InChI=1S/C22H34N2O13/c1-12(25)24-19-21(36-15(4)28)20(35-14(3)27)16(11-34-13(2)26)37-22(19)33-10-9-32-8-7-23-17(29)5-6-18(30)31/h16,19-22H,5-11H2,1-4H3,(H,23,29)(H,24,25)(H,30,31). The first-order valence-electron chi connectivity index (χ1n) is 11.5. The summed E-state index contributed by atoms with van der Waals surface area (Å²) in [5, 5.41) is 13.7. The van der Waals surface area contributed by atoms with Crippen LogP contribution in [0.2, 0.25) is 0 Å². The van der Waals surface area contributed by atoms with E-state index >= 15 is 0 Å². The van der Waals surface area contributed by atoms with Gasteiger partial charge in [-0.25, -0.2) is 0 Å². The Morgan fingerprint density at radius 3 is 2.05 bits per heavy atom. The Labute approximate surface area is 213 Å². The molecule has 5 unspecified atom stereocenters. The van der Waals surface area contributed by atoms with Crippen LogP contribution in [0.25, 0.3) is 0 Å². The maximum absolute atomic E-state index is 11.9. The van der Waals surface area contributed by atoms with E-state index in [0.717, 1.165) is 13.8 Å². The van der Waals surface area contributed by atoms with E-state index in [4.69, 9.17) is 33.5 Å². The summed E-state index contributed by atoms with van der Waals surface area (Å²) in [5.41, 5.74) is 0. The molecule has 0 radical (unpaired) electrons. The summed E-state index contributed by atoms with van der Waals surface area (Å²) in [4.78, 5) is 68.7. The summed E-state index contributed by atoms with van der Waals surface area (Å²) in [7, 11) is 0. The van der Waals surface area contributed by atoms with Crippen LogP contribution in [0.15, 0.2) is 0 Å². The van der Waals surface area contributed by atoms with Gasteiger partial charge in [-0.05, 0) is 0 Å². The highest BCUT2D eigenvalue weighted by atomic mass is 16.7. The van der Waals surface area contributed by atoms with Gasteiger partial charge in [0.05, 0.1) is 26.2 Å². The van der Waals surface area contributed by atoms with E-state index in [1.807, 2.05) is 0 Å². The van der Waals surface area contributed by atoms with Gasteiger partial charge < -0.3 is 44.2 Å². The predicted octanol–water partition coefficient (Wildman–Crippen LogP) is -1.34. The number of amides is 2. The fourth-order valence-electron chi connectivity index (χ4n) is 3.33. The maximum atomic E-state index is 11.9. The van der Waals surface area contributed by atoms with Crippen molar-refractivity contribution in [2.24, 2.45) is 0 Å². The molecule has 5 atom stereocenters. The van der Waals surface area contributed by atoms with E-state index in [1.54, 1.807) is 0 Å². The number of carboxylic acids is 1. The van der Waals surface area contributed by atoms with Gasteiger partial charge in [0.2, 0.25) is 11.8 Å². The second-order valence-electron chi connectivity index (χ2n) is 7.95. The Morgan fingerprint density at radius 2 is 1.49 bits per heavy atom. The van der Waals surface area contributed by atoms with Crippen LogP contribution in [0, 0.1) is 0 Å². The smallest absolute Gasteiger partial charge is 0.303 e. The molecule has 0 aromatic rings. The topological polar surface area (TPSA) is 202 Å². The highest BCUT2D eigenvalue weighted by molar-refractivity contribution is 5.80. The van der Waals surface area contributed by atoms with Crippen LogP contribution in [0.5, 0.6) is 0 Å². The molecule has 1 fully saturated rings. The van der Waals surface area contributed by atoms with E-state index in [9.17, 15) is 28.8 Å². The molecule has 3 N–H and O–H groups in total. The summed E-state index contributed by atoms with van der Waals surface area (Å²) in [6, 6.07) is -1.09. The van der Waals surface area contributed by atoms with Crippen LogP contribution in [0.1, 0.15) is 40.5 Å². The number of hydrogen-bond acceptors (Lipinski definition) is 12. The maximum Gasteiger partial charge on any atom is 0.303 e. The number of ether oxygens (including phenoxy) is 6. The Morgan fingerprint density at radius 1 is 0.838 bits per heavy atom. The molecule has 1 aliphatic rings. The van der Waals surface area contributed by atoms with Crippen molar-refractivity contribution in [3.8, 4) is 0 Å². The number of carboxylic acid groups (broad SMARTS) is 1. The quantitative estimate of drug-likeness (QED) is 0.127. The van der Waals surface area contributed by atoms with E-state index in [0.29, 0.717) is 0 Å². The predicted molar refractivity (Wildman–Crippen MR) is 121 cm³/mol. The summed E-state index contributed by atoms with van der Waals surface area (Å²) in [6.45, 7) is 4.56. The molecule has 1 saturated heterocycles. The lowest BCUT2D eigenvalue weighted by Gasteiger charge is -2.44. The average molecular weight is 535 g/mol. The zero-order chi connectivity index (χ0) is 28.0. The van der Waals surface area contributed by atoms with Gasteiger partial charge in [-0.1, -0.05) is 0 Å². The molecule has 0 bridgehead atoms. The average Bonchev–Trinajstić information content (AvgIpc) is 2.78. The van der Waals surface area contributed by atoms with Gasteiger partial charge in [-0.15, -0.1) is 0 Å². The Balaban J connectivity index is 2.81. The first-order valence-corrected chi connectivity index (χ1v) is 11.5. The Hall–Kier alpha value is -3.30. The summed E-state index contributed by atoms with van der Waals surface area (Å²) >= 11 is 0. The zero-order valence-electron chi connectivity index (χ0n) is 21.2. The molecule has 15 nitrogen and oxygen atoms in total. The van der Waals surface area contributed by atoms with Crippen molar-refractivity contribution in [3.63, 3.8) is 0 Å². The van der Waals surface area contributed by atoms with Crippen LogP contribution >= 0.6 is 0 Å². The zero-order valence-corrected chi connectivity index (χ0v) is 21.2. The van der Waals surface area contributed by atoms with Crippen molar-refractivity contribution in [2.75, 3.05) is 33.0 Å². The van der Waals surface area contributed by atoms with Gasteiger partial charge in [0.15, 0.2) is 18.5 Å². The van der Waals surface area contributed by atoms with Crippen molar-refractivity contribution in [1.29, 1.82) is 0 Å². The van der Waals surface area contributed by atoms with E-state index in [2.05, 4.69) is 10.6 Å². The normalized spacial score (nSPS) is 22.9. The fourth-order valence-corrected chi connectivity index (χ4v) is 3.33. The minimum absolute atomic E-state index is 0.0396. The molecular formula is C22H34N2O13. The lowest BCUT2D eigenvalue weighted by Crippen LogP contribution is -2.66. The second kappa shape index (κ2) is 16.4. The van der Waals surface area contributed by atoms with Crippen molar-refractivity contribution in [1.82, 2.24) is 10.6 Å². The third kappa shape index (κ3) is 13.0. The van der Waals surface area contributed by atoms with Gasteiger partial charge in [-0.3, -0.25) is 28.8 Å². The number of carbonyl (C=O) groups is 6. The van der Waals surface area contributed by atoms with Crippen LogP contribution in [0.4, 0.5) is 0 Å². The molecule has 1 aliphatic heterocycles. The highest BCUT2D eigenvalue weighted by Crippen LogP contribution is 2.28. The molecule has 1 rings (SSSR count).